The largest absolute Gasteiger partial charge is 0.490 e. The van der Waals surface area contributed by atoms with E-state index < -0.39 is 30.3 Å². The molecule has 4 heterocycles. The second kappa shape index (κ2) is 16.3. The van der Waals surface area contributed by atoms with Crippen LogP contribution in [-0.4, -0.2) is 77.3 Å². The van der Waals surface area contributed by atoms with Gasteiger partial charge in [-0.25, -0.2) is 4.39 Å². The van der Waals surface area contributed by atoms with Crippen LogP contribution in [0.1, 0.15) is 88.3 Å². The van der Waals surface area contributed by atoms with Crippen molar-refractivity contribution in [2.75, 3.05) is 31.6 Å². The molecule has 0 aliphatic carbocycles. The molecule has 0 radical (unpaired) electrons. The molecule has 52 heavy (non-hydrogen) atoms. The van der Waals surface area contributed by atoms with Crippen LogP contribution in [-0.2, 0) is 16.1 Å². The molecule has 0 spiro atoms. The summed E-state index contributed by atoms with van der Waals surface area (Å²) in [6, 6.07) is 5.99. The van der Waals surface area contributed by atoms with Gasteiger partial charge in [-0.2, -0.15) is 8.78 Å². The van der Waals surface area contributed by atoms with Gasteiger partial charge >= 0.3 is 6.61 Å². The molecule has 2 fully saturated rings. The molecule has 1 atom stereocenters. The Morgan fingerprint density at radius 1 is 1.06 bits per heavy atom. The zero-order valence-electron chi connectivity index (χ0n) is 28.6. The van der Waals surface area contributed by atoms with Gasteiger partial charge < -0.3 is 24.6 Å². The molecule has 2 saturated heterocycles. The number of carbonyl (C=O) groups is 4. The number of benzene rings is 2. The van der Waals surface area contributed by atoms with Crippen LogP contribution in [0, 0.1) is 12.7 Å². The Morgan fingerprint density at radius 2 is 1.85 bits per heavy atom. The number of hydrogen-bond acceptors (Lipinski definition) is 8. The number of nitrogens with zero attached hydrogens (tertiary/aromatic N) is 3. The average molecular weight is 742 g/mol. The molecule has 0 bridgehead atoms. The first-order chi connectivity index (χ1) is 25.0. The fourth-order valence-corrected chi connectivity index (χ4v) is 7.37. The SMILES string of the molecule is Cc1cncc(Cl)c1NC(=O)c1ccc(OC(F)F)c(OCCCCCN2CCC(c3cc(F)cc4c3CN(C3CCC(=O)NC3=O)C4=O)CC2)c1. The number of unbranched alkanes of at least 4 members (excludes halogenated alkanes) is 2. The lowest BCUT2D eigenvalue weighted by molar-refractivity contribution is -0.136. The summed E-state index contributed by atoms with van der Waals surface area (Å²) in [6.07, 6.45) is 7.25. The van der Waals surface area contributed by atoms with E-state index in [4.69, 9.17) is 16.3 Å². The van der Waals surface area contributed by atoms with Crippen LogP contribution >= 0.6 is 11.6 Å². The monoisotopic (exact) mass is 741 g/mol. The summed E-state index contributed by atoms with van der Waals surface area (Å²) in [5, 5.41) is 5.29. The van der Waals surface area contributed by atoms with Gasteiger partial charge in [-0.15, -0.1) is 0 Å². The highest BCUT2D eigenvalue weighted by Crippen LogP contribution is 2.38. The molecule has 15 heteroatoms. The van der Waals surface area contributed by atoms with Gasteiger partial charge in [0.1, 0.15) is 11.9 Å². The highest BCUT2D eigenvalue weighted by Gasteiger charge is 2.41. The van der Waals surface area contributed by atoms with Crippen LogP contribution in [0.5, 0.6) is 11.5 Å². The van der Waals surface area contributed by atoms with E-state index in [-0.39, 0.29) is 71.4 Å². The normalized spacial score (nSPS) is 18.1. The van der Waals surface area contributed by atoms with E-state index in [1.54, 1.807) is 13.1 Å². The van der Waals surface area contributed by atoms with E-state index in [2.05, 4.69) is 25.3 Å². The number of amides is 4. The molecular weight excluding hydrogens is 703 g/mol. The number of pyridine rings is 1. The minimum Gasteiger partial charge on any atom is -0.490 e. The molecule has 1 unspecified atom stereocenters. The molecule has 2 aromatic carbocycles. The second-order valence-electron chi connectivity index (χ2n) is 13.3. The summed E-state index contributed by atoms with van der Waals surface area (Å²) >= 11 is 6.18. The smallest absolute Gasteiger partial charge is 0.387 e. The Balaban J connectivity index is 0.974. The number of piperidine rings is 2. The third-order valence-corrected chi connectivity index (χ3v) is 10.1. The standard InChI is InChI=1S/C37H39ClF3N5O6/c1-21-18-42-19-28(38)33(21)44-34(48)23-5-7-30(52-37(40)41)31(15-23)51-14-4-2-3-11-45-12-9-22(10-13-45)25-16-24(39)17-26-27(25)20-46(36(26)50)29-6-8-32(47)43-35(29)49/h5,7,15-19,22,29,37H,2-4,6,8-14,20H2,1H3,(H,42,44,48)(H,43,47,49). The minimum absolute atomic E-state index is 0.0262. The lowest BCUT2D eigenvalue weighted by atomic mass is 9.85. The van der Waals surface area contributed by atoms with E-state index in [1.807, 2.05) is 0 Å². The van der Waals surface area contributed by atoms with Crippen molar-refractivity contribution in [3.05, 3.63) is 81.4 Å². The summed E-state index contributed by atoms with van der Waals surface area (Å²) in [4.78, 5) is 58.1. The summed E-state index contributed by atoms with van der Waals surface area (Å²) in [5.41, 5.74) is 3.09. The van der Waals surface area contributed by atoms with Crippen molar-refractivity contribution >= 4 is 40.9 Å². The number of imide groups is 1. The van der Waals surface area contributed by atoms with Gasteiger partial charge in [-0.05, 0) is 118 Å². The van der Waals surface area contributed by atoms with Crippen molar-refractivity contribution in [3.8, 4) is 11.5 Å². The molecule has 3 aliphatic heterocycles. The first-order valence-corrected chi connectivity index (χ1v) is 17.7. The summed E-state index contributed by atoms with van der Waals surface area (Å²) in [6.45, 7) is 1.54. The molecule has 0 saturated carbocycles. The summed E-state index contributed by atoms with van der Waals surface area (Å²) < 4.78 is 51.4. The Bertz CT molecular complexity index is 1830. The molecule has 4 amide bonds. The number of halogens is 4. The van der Waals surface area contributed by atoms with Crippen molar-refractivity contribution in [3.63, 3.8) is 0 Å². The van der Waals surface area contributed by atoms with Crippen LogP contribution in [0.15, 0.2) is 42.7 Å². The predicted molar refractivity (Wildman–Crippen MR) is 185 cm³/mol. The van der Waals surface area contributed by atoms with Gasteiger partial charge in [-0.3, -0.25) is 29.5 Å². The van der Waals surface area contributed by atoms with Gasteiger partial charge in [0.15, 0.2) is 11.5 Å². The number of carbonyl (C=O) groups excluding carboxylic acids is 4. The molecule has 3 aliphatic rings. The van der Waals surface area contributed by atoms with Gasteiger partial charge in [0.2, 0.25) is 11.8 Å². The number of anilines is 1. The van der Waals surface area contributed by atoms with Gasteiger partial charge in [0.05, 0.1) is 17.3 Å². The van der Waals surface area contributed by atoms with Crippen molar-refractivity contribution in [2.24, 2.45) is 0 Å². The Labute approximate surface area is 303 Å². The molecular formula is C37H39ClF3N5O6. The number of alkyl halides is 2. The van der Waals surface area contributed by atoms with Crippen LogP contribution in [0.3, 0.4) is 0 Å². The number of hydrogen-bond donors (Lipinski definition) is 2. The maximum absolute atomic E-state index is 14.8. The first-order valence-electron chi connectivity index (χ1n) is 17.3. The van der Waals surface area contributed by atoms with Crippen LogP contribution in [0.25, 0.3) is 0 Å². The maximum atomic E-state index is 14.8. The molecule has 2 N–H and O–H groups in total. The molecule has 11 nitrogen and oxygen atoms in total. The van der Waals surface area contributed by atoms with E-state index in [1.165, 1.54) is 41.4 Å². The van der Waals surface area contributed by atoms with E-state index in [0.29, 0.717) is 17.7 Å². The average Bonchev–Trinajstić information content (AvgIpc) is 3.43. The van der Waals surface area contributed by atoms with E-state index >= 15 is 0 Å². The molecule has 6 rings (SSSR count). The number of nitrogens with one attached hydrogen (secondary N) is 2. The highest BCUT2D eigenvalue weighted by atomic mass is 35.5. The number of ether oxygens (including phenoxy) is 2. The van der Waals surface area contributed by atoms with Crippen molar-refractivity contribution in [2.45, 2.75) is 77.0 Å². The Hall–Kier alpha value is -4.69. The molecule has 276 valence electrons. The van der Waals surface area contributed by atoms with E-state index in [9.17, 15) is 32.3 Å². The molecule has 3 aromatic rings. The van der Waals surface area contributed by atoms with E-state index in [0.717, 1.165) is 56.4 Å². The summed E-state index contributed by atoms with van der Waals surface area (Å²) in [7, 11) is 0. The third-order valence-electron chi connectivity index (χ3n) is 9.81. The minimum atomic E-state index is -3.07. The van der Waals surface area contributed by atoms with Crippen LogP contribution in [0.2, 0.25) is 5.02 Å². The second-order valence-corrected chi connectivity index (χ2v) is 13.7. The van der Waals surface area contributed by atoms with Crippen LogP contribution < -0.4 is 20.1 Å². The lowest BCUT2D eigenvalue weighted by Crippen LogP contribution is -2.52. The maximum Gasteiger partial charge on any atom is 0.387 e. The van der Waals surface area contributed by atoms with Crippen molar-refractivity contribution in [1.29, 1.82) is 0 Å². The van der Waals surface area contributed by atoms with Gasteiger partial charge in [0.25, 0.3) is 11.8 Å². The zero-order chi connectivity index (χ0) is 36.9. The third kappa shape index (κ3) is 8.50. The predicted octanol–water partition coefficient (Wildman–Crippen LogP) is 6.23. The Kier molecular flexibility index (Phi) is 11.6. The van der Waals surface area contributed by atoms with Gasteiger partial charge in [-0.1, -0.05) is 11.6 Å². The topological polar surface area (TPSA) is 130 Å². The fourth-order valence-electron chi connectivity index (χ4n) is 7.11. The highest BCUT2D eigenvalue weighted by molar-refractivity contribution is 6.34. The van der Waals surface area contributed by atoms with Crippen molar-refractivity contribution < 1.29 is 41.8 Å². The Morgan fingerprint density at radius 3 is 2.58 bits per heavy atom. The molecule has 1 aromatic heterocycles. The first kappa shape index (κ1) is 37.1. The lowest BCUT2D eigenvalue weighted by Gasteiger charge is -2.33. The quantitative estimate of drug-likeness (QED) is 0.156. The summed E-state index contributed by atoms with van der Waals surface area (Å²) in [5.74, 6) is -2.31. The number of likely N-dealkylation sites (tertiary alicyclic amines) is 1. The zero-order valence-corrected chi connectivity index (χ0v) is 29.3. The number of fused-ring (bicyclic) bond motifs is 1. The van der Waals surface area contributed by atoms with Gasteiger partial charge in [0, 0.05) is 36.5 Å². The fraction of sp³-hybridized carbons (Fsp3) is 0.432. The number of rotatable bonds is 13. The van der Waals surface area contributed by atoms with Crippen LogP contribution in [0.4, 0.5) is 18.9 Å². The van der Waals surface area contributed by atoms with Crippen molar-refractivity contribution in [1.82, 2.24) is 20.1 Å². The number of aromatic nitrogens is 1. The number of aryl methyl sites for hydroxylation is 1.